The molecule has 0 amide bonds. The molecule has 1 aromatic heterocycles. The van der Waals surface area contributed by atoms with Gasteiger partial charge in [-0.1, -0.05) is 66.8 Å². The molecule has 0 fully saturated rings. The number of halogens is 3. The second kappa shape index (κ2) is 12.6. The van der Waals surface area contributed by atoms with Crippen LogP contribution in [0.5, 0.6) is 11.5 Å². The summed E-state index contributed by atoms with van der Waals surface area (Å²) < 4.78 is 13.1. The van der Waals surface area contributed by atoms with E-state index in [1.807, 2.05) is 37.3 Å². The summed E-state index contributed by atoms with van der Waals surface area (Å²) in [5.41, 5.74) is 4.40. The van der Waals surface area contributed by atoms with Crippen molar-refractivity contribution in [3.05, 3.63) is 120 Å². The van der Waals surface area contributed by atoms with Gasteiger partial charge in [-0.15, -0.1) is 0 Å². The number of hydrogen-bond donors (Lipinski definition) is 0. The molecule has 0 N–H and O–H groups in total. The van der Waals surface area contributed by atoms with Crippen LogP contribution in [0.25, 0.3) is 22.3 Å². The fraction of sp³-hybridized carbons (Fsp3) is 0.182. The van der Waals surface area contributed by atoms with E-state index in [9.17, 15) is 4.79 Å². The van der Waals surface area contributed by atoms with Crippen LogP contribution in [0, 0.1) is 6.92 Å². The molecule has 0 bridgehead atoms. The molecular formula is C33H28Cl3N3O3. The number of aromatic nitrogens is 2. The molecule has 0 atom stereocenters. The van der Waals surface area contributed by atoms with Gasteiger partial charge in [-0.2, -0.15) is 9.78 Å². The van der Waals surface area contributed by atoms with E-state index in [1.165, 1.54) is 4.68 Å². The summed E-state index contributed by atoms with van der Waals surface area (Å²) in [6, 6.07) is 21.7. The summed E-state index contributed by atoms with van der Waals surface area (Å²) in [6.07, 6.45) is 1.56. The van der Waals surface area contributed by atoms with Crippen LogP contribution < -0.4 is 15.0 Å². The van der Waals surface area contributed by atoms with E-state index in [0.29, 0.717) is 43.1 Å². The van der Waals surface area contributed by atoms with Crippen LogP contribution in [0.15, 0.2) is 82.7 Å². The molecule has 5 rings (SSSR count). The van der Waals surface area contributed by atoms with Gasteiger partial charge in [0.05, 0.1) is 34.3 Å². The molecule has 0 saturated heterocycles. The van der Waals surface area contributed by atoms with Crippen LogP contribution in [0.2, 0.25) is 15.1 Å². The molecule has 0 radical (unpaired) electrons. The van der Waals surface area contributed by atoms with Gasteiger partial charge in [0.25, 0.3) is 5.56 Å². The molecule has 5 aromatic rings. The zero-order valence-corrected chi connectivity index (χ0v) is 25.8. The highest BCUT2D eigenvalue weighted by molar-refractivity contribution is 6.42. The van der Waals surface area contributed by atoms with Crippen molar-refractivity contribution in [2.75, 3.05) is 7.11 Å². The third kappa shape index (κ3) is 6.16. The van der Waals surface area contributed by atoms with Crippen molar-refractivity contribution >= 4 is 51.9 Å². The van der Waals surface area contributed by atoms with Crippen molar-refractivity contribution in [2.24, 2.45) is 5.10 Å². The van der Waals surface area contributed by atoms with Crippen LogP contribution in [0.3, 0.4) is 0 Å². The van der Waals surface area contributed by atoms with Crippen LogP contribution in [0.1, 0.15) is 42.0 Å². The number of benzene rings is 4. The number of aryl methyl sites for hydroxylation is 1. The zero-order valence-electron chi connectivity index (χ0n) is 23.5. The molecule has 0 aliphatic rings. The molecule has 4 aromatic carbocycles. The standard InChI is InChI=1S/C33H28Cl3N3O3/c1-19(2)25-16-26(20(3)13-31(25)41-4)32-38-29-8-6-5-7-24(29)33(40)39(32)37-17-22-15-23(34)10-12-30(22)42-18-21-9-11-27(35)28(36)14-21/h5-17,19H,18H2,1-4H3. The Bertz CT molecular complexity index is 1880. The first-order chi connectivity index (χ1) is 20.2. The molecule has 1 heterocycles. The number of nitrogens with zero attached hydrogens (tertiary/aromatic N) is 3. The summed E-state index contributed by atoms with van der Waals surface area (Å²) in [6.45, 7) is 6.39. The Labute approximate surface area is 259 Å². The van der Waals surface area contributed by atoms with Gasteiger partial charge in [0.1, 0.15) is 18.1 Å². The minimum Gasteiger partial charge on any atom is -0.496 e. The fourth-order valence-electron chi connectivity index (χ4n) is 4.63. The van der Waals surface area contributed by atoms with Crippen molar-refractivity contribution in [2.45, 2.75) is 33.3 Å². The summed E-state index contributed by atoms with van der Waals surface area (Å²) in [4.78, 5) is 18.7. The van der Waals surface area contributed by atoms with Gasteiger partial charge >= 0.3 is 0 Å². The van der Waals surface area contributed by atoms with Gasteiger partial charge in [0.15, 0.2) is 5.82 Å². The molecule has 9 heteroatoms. The summed E-state index contributed by atoms with van der Waals surface area (Å²) >= 11 is 18.6. The maximum Gasteiger partial charge on any atom is 0.282 e. The highest BCUT2D eigenvalue weighted by Gasteiger charge is 2.18. The molecule has 0 unspecified atom stereocenters. The van der Waals surface area contributed by atoms with Gasteiger partial charge in [-0.25, -0.2) is 4.98 Å². The number of rotatable bonds is 8. The molecule has 6 nitrogen and oxygen atoms in total. The Hall–Kier alpha value is -3.84. The maximum absolute atomic E-state index is 13.8. The molecule has 42 heavy (non-hydrogen) atoms. The highest BCUT2D eigenvalue weighted by Crippen LogP contribution is 2.34. The second-order valence-corrected chi connectivity index (χ2v) is 11.3. The van der Waals surface area contributed by atoms with Crippen LogP contribution >= 0.6 is 34.8 Å². The van der Waals surface area contributed by atoms with E-state index >= 15 is 0 Å². The van der Waals surface area contributed by atoms with E-state index in [-0.39, 0.29) is 18.1 Å². The predicted octanol–water partition coefficient (Wildman–Crippen LogP) is 8.93. The fourth-order valence-corrected chi connectivity index (χ4v) is 5.14. The van der Waals surface area contributed by atoms with E-state index in [2.05, 4.69) is 18.9 Å². The summed E-state index contributed by atoms with van der Waals surface area (Å²) in [5, 5.41) is 6.52. The first kappa shape index (κ1) is 29.6. The van der Waals surface area contributed by atoms with Gasteiger partial charge in [0.2, 0.25) is 0 Å². The smallest absolute Gasteiger partial charge is 0.282 e. The number of para-hydroxylation sites is 1. The van der Waals surface area contributed by atoms with Crippen molar-refractivity contribution in [1.82, 2.24) is 9.66 Å². The third-order valence-corrected chi connectivity index (χ3v) is 7.83. The Morgan fingerprint density at radius 2 is 1.74 bits per heavy atom. The minimum atomic E-state index is -0.298. The normalized spacial score (nSPS) is 11.5. The largest absolute Gasteiger partial charge is 0.496 e. The third-order valence-electron chi connectivity index (χ3n) is 6.86. The van der Waals surface area contributed by atoms with Crippen molar-refractivity contribution in [3.8, 4) is 22.9 Å². The Morgan fingerprint density at radius 1 is 0.952 bits per heavy atom. The molecule has 0 aliphatic heterocycles. The quantitative estimate of drug-likeness (QED) is 0.163. The van der Waals surface area contributed by atoms with Gasteiger partial charge in [-0.3, -0.25) is 4.79 Å². The summed E-state index contributed by atoms with van der Waals surface area (Å²) in [5.74, 6) is 1.91. The predicted molar refractivity (Wildman–Crippen MR) is 172 cm³/mol. The summed E-state index contributed by atoms with van der Waals surface area (Å²) in [7, 11) is 1.65. The van der Waals surface area contributed by atoms with E-state index < -0.39 is 0 Å². The monoisotopic (exact) mass is 619 g/mol. The van der Waals surface area contributed by atoms with E-state index in [0.717, 1.165) is 28.0 Å². The lowest BCUT2D eigenvalue weighted by molar-refractivity contribution is 0.306. The lowest BCUT2D eigenvalue weighted by atomic mass is 9.96. The van der Waals surface area contributed by atoms with Gasteiger partial charge in [-0.05, 0) is 84.1 Å². The molecule has 0 saturated carbocycles. The first-order valence-corrected chi connectivity index (χ1v) is 14.4. The van der Waals surface area contributed by atoms with Gasteiger partial charge in [0, 0.05) is 16.1 Å². The van der Waals surface area contributed by atoms with Gasteiger partial charge < -0.3 is 9.47 Å². The Kier molecular flexibility index (Phi) is 8.88. The molecular weight excluding hydrogens is 593 g/mol. The Morgan fingerprint density at radius 3 is 2.48 bits per heavy atom. The average Bonchev–Trinajstić information content (AvgIpc) is 2.97. The SMILES string of the molecule is COc1cc(C)c(-c2nc3ccccc3c(=O)n2N=Cc2cc(Cl)ccc2OCc2ccc(Cl)c(Cl)c2)cc1C(C)C. The van der Waals surface area contributed by atoms with Crippen molar-refractivity contribution in [3.63, 3.8) is 0 Å². The average molecular weight is 621 g/mol. The van der Waals surface area contributed by atoms with E-state index in [4.69, 9.17) is 49.3 Å². The minimum absolute atomic E-state index is 0.185. The van der Waals surface area contributed by atoms with Crippen LogP contribution in [-0.2, 0) is 6.61 Å². The molecule has 0 aliphatic carbocycles. The Balaban J connectivity index is 1.62. The first-order valence-electron chi connectivity index (χ1n) is 13.3. The highest BCUT2D eigenvalue weighted by atomic mass is 35.5. The molecule has 0 spiro atoms. The second-order valence-electron chi connectivity index (χ2n) is 10.1. The van der Waals surface area contributed by atoms with Crippen LogP contribution in [0.4, 0.5) is 0 Å². The number of hydrogen-bond acceptors (Lipinski definition) is 5. The lowest BCUT2D eigenvalue weighted by Crippen LogP contribution is -2.21. The zero-order chi connectivity index (χ0) is 30.0. The van der Waals surface area contributed by atoms with Crippen molar-refractivity contribution in [1.29, 1.82) is 0 Å². The number of ether oxygens (including phenoxy) is 2. The molecule has 214 valence electrons. The number of methoxy groups -OCH3 is 1. The topological polar surface area (TPSA) is 65.7 Å². The van der Waals surface area contributed by atoms with Crippen LogP contribution in [-0.4, -0.2) is 23.0 Å². The number of fused-ring (bicyclic) bond motifs is 1. The maximum atomic E-state index is 13.8. The lowest BCUT2D eigenvalue weighted by Gasteiger charge is -2.17. The van der Waals surface area contributed by atoms with Crippen molar-refractivity contribution < 1.29 is 9.47 Å². The van der Waals surface area contributed by atoms with E-state index in [1.54, 1.807) is 55.8 Å².